The molecule has 0 aromatic heterocycles. The van der Waals surface area contributed by atoms with Gasteiger partial charge in [0.1, 0.15) is 6.04 Å². The predicted molar refractivity (Wildman–Crippen MR) is 114 cm³/mol. The molecule has 174 valence electrons. The maximum Gasteiger partial charge on any atom is 0.416 e. The second-order valence-electron chi connectivity index (χ2n) is 7.38. The van der Waals surface area contributed by atoms with E-state index in [1.54, 1.807) is 41.3 Å². The van der Waals surface area contributed by atoms with Gasteiger partial charge in [0.2, 0.25) is 11.8 Å². The average molecular weight is 461 g/mol. The van der Waals surface area contributed by atoms with E-state index in [9.17, 15) is 27.6 Å². The molecule has 1 unspecified atom stereocenters. The molecule has 0 aliphatic carbocycles. The van der Waals surface area contributed by atoms with Crippen molar-refractivity contribution in [2.45, 2.75) is 12.2 Å². The van der Waals surface area contributed by atoms with Crippen molar-refractivity contribution in [3.8, 4) is 0 Å². The normalized spacial score (nSPS) is 15.4. The highest BCUT2D eigenvalue weighted by Crippen LogP contribution is 2.32. The van der Waals surface area contributed by atoms with Crippen molar-refractivity contribution in [2.75, 3.05) is 31.1 Å². The van der Waals surface area contributed by atoms with Gasteiger partial charge in [0.15, 0.2) is 0 Å². The molecule has 0 radical (unpaired) electrons. The number of amides is 2. The Morgan fingerprint density at radius 3 is 2.21 bits per heavy atom. The number of hydrogen-bond donors (Lipinski definition) is 2. The number of benzene rings is 2. The SMILES string of the molecule is O=C(O)C=CC(=O)NC(C(=O)N1CCN(c2cccc(C(F)(F)F)c2)CC1)c1ccccc1. The van der Waals surface area contributed by atoms with Gasteiger partial charge in [-0.25, -0.2) is 4.79 Å². The van der Waals surface area contributed by atoms with Gasteiger partial charge in [0.25, 0.3) is 0 Å². The van der Waals surface area contributed by atoms with Gasteiger partial charge < -0.3 is 20.2 Å². The van der Waals surface area contributed by atoms with E-state index in [1.165, 1.54) is 11.0 Å². The van der Waals surface area contributed by atoms with E-state index in [-0.39, 0.29) is 19.0 Å². The van der Waals surface area contributed by atoms with Gasteiger partial charge in [-0.1, -0.05) is 36.4 Å². The number of aliphatic carboxylic acids is 1. The summed E-state index contributed by atoms with van der Waals surface area (Å²) in [6.45, 7) is 1.14. The number of halogens is 3. The van der Waals surface area contributed by atoms with E-state index in [4.69, 9.17) is 5.11 Å². The Balaban J connectivity index is 1.71. The smallest absolute Gasteiger partial charge is 0.416 e. The Labute approximate surface area is 188 Å². The zero-order valence-electron chi connectivity index (χ0n) is 17.5. The molecule has 2 aromatic carbocycles. The van der Waals surface area contributed by atoms with Crippen LogP contribution in [0, 0.1) is 0 Å². The molecule has 0 spiro atoms. The van der Waals surface area contributed by atoms with Crippen LogP contribution in [0.15, 0.2) is 66.7 Å². The molecule has 7 nitrogen and oxygen atoms in total. The van der Waals surface area contributed by atoms with Crippen LogP contribution in [-0.4, -0.2) is 54.0 Å². The van der Waals surface area contributed by atoms with Crippen molar-refractivity contribution in [3.63, 3.8) is 0 Å². The predicted octanol–water partition coefficient (Wildman–Crippen LogP) is 2.85. The number of anilines is 1. The third-order valence-corrected chi connectivity index (χ3v) is 5.17. The Kier molecular flexibility index (Phi) is 7.37. The average Bonchev–Trinajstić information content (AvgIpc) is 2.81. The van der Waals surface area contributed by atoms with Crippen LogP contribution in [-0.2, 0) is 20.6 Å². The molecule has 1 aliphatic heterocycles. The first kappa shape index (κ1) is 23.8. The number of carbonyl (C=O) groups excluding carboxylic acids is 2. The van der Waals surface area contributed by atoms with Gasteiger partial charge in [-0.2, -0.15) is 13.2 Å². The monoisotopic (exact) mass is 461 g/mol. The van der Waals surface area contributed by atoms with Crippen LogP contribution in [0.1, 0.15) is 17.2 Å². The standard InChI is InChI=1S/C23H22F3N3O4/c24-23(25,26)17-7-4-8-18(15-17)28-11-13-29(14-12-28)22(33)21(16-5-2-1-3-6-16)27-19(30)9-10-20(31)32/h1-10,15,21H,11-14H2,(H,27,30)(H,31,32). The lowest BCUT2D eigenvalue weighted by Gasteiger charge is -2.37. The molecule has 2 amide bonds. The van der Waals surface area contributed by atoms with Crippen molar-refractivity contribution in [2.24, 2.45) is 0 Å². The quantitative estimate of drug-likeness (QED) is 0.646. The van der Waals surface area contributed by atoms with E-state index in [1.807, 2.05) is 0 Å². The number of alkyl halides is 3. The summed E-state index contributed by atoms with van der Waals surface area (Å²) in [4.78, 5) is 39.3. The Morgan fingerprint density at radius 1 is 0.939 bits per heavy atom. The summed E-state index contributed by atoms with van der Waals surface area (Å²) >= 11 is 0. The third kappa shape index (κ3) is 6.34. The van der Waals surface area contributed by atoms with Crippen LogP contribution in [0.5, 0.6) is 0 Å². The van der Waals surface area contributed by atoms with Crippen LogP contribution >= 0.6 is 0 Å². The highest BCUT2D eigenvalue weighted by atomic mass is 19.4. The molecular formula is C23H22F3N3O4. The number of rotatable bonds is 6. The van der Waals surface area contributed by atoms with E-state index >= 15 is 0 Å². The largest absolute Gasteiger partial charge is 0.478 e. The zero-order chi connectivity index (χ0) is 24.0. The second kappa shape index (κ2) is 10.2. The molecule has 1 atom stereocenters. The van der Waals surface area contributed by atoms with Crippen molar-refractivity contribution in [1.29, 1.82) is 0 Å². The first-order valence-electron chi connectivity index (χ1n) is 10.1. The molecular weight excluding hydrogens is 439 g/mol. The van der Waals surface area contributed by atoms with Crippen molar-refractivity contribution < 1.29 is 32.7 Å². The van der Waals surface area contributed by atoms with Gasteiger partial charge in [-0.3, -0.25) is 9.59 Å². The lowest BCUT2D eigenvalue weighted by Crippen LogP contribution is -2.52. The minimum atomic E-state index is -4.44. The minimum absolute atomic E-state index is 0.249. The van der Waals surface area contributed by atoms with E-state index in [2.05, 4.69) is 5.32 Å². The fourth-order valence-corrected chi connectivity index (χ4v) is 3.52. The minimum Gasteiger partial charge on any atom is -0.478 e. The Bertz CT molecular complexity index is 1030. The Hall–Kier alpha value is -3.82. The molecule has 1 aliphatic rings. The third-order valence-electron chi connectivity index (χ3n) is 5.17. The second-order valence-corrected chi connectivity index (χ2v) is 7.38. The summed E-state index contributed by atoms with van der Waals surface area (Å²) < 4.78 is 39.0. The summed E-state index contributed by atoms with van der Waals surface area (Å²) in [5.74, 6) is -2.41. The molecule has 1 fully saturated rings. The summed E-state index contributed by atoms with van der Waals surface area (Å²) in [6.07, 6.45) is -2.93. The highest BCUT2D eigenvalue weighted by molar-refractivity contribution is 5.97. The number of nitrogens with one attached hydrogen (secondary N) is 1. The number of carboxylic acid groups (broad SMARTS) is 1. The summed E-state index contributed by atoms with van der Waals surface area (Å²) in [6, 6.07) is 12.5. The van der Waals surface area contributed by atoms with Crippen LogP contribution in [0.4, 0.5) is 18.9 Å². The number of nitrogens with zero attached hydrogens (tertiary/aromatic N) is 2. The molecule has 1 heterocycles. The first-order chi connectivity index (χ1) is 15.6. The number of carboxylic acids is 1. The first-order valence-corrected chi connectivity index (χ1v) is 10.1. The zero-order valence-corrected chi connectivity index (χ0v) is 17.5. The van der Waals surface area contributed by atoms with Crippen LogP contribution in [0.25, 0.3) is 0 Å². The number of piperazine rings is 1. The van der Waals surface area contributed by atoms with Crippen LogP contribution in [0.3, 0.4) is 0 Å². The summed E-state index contributed by atoms with van der Waals surface area (Å²) in [5.41, 5.74) is 0.211. The molecule has 1 saturated heterocycles. The van der Waals surface area contributed by atoms with E-state index < -0.39 is 29.7 Å². The molecule has 3 rings (SSSR count). The van der Waals surface area contributed by atoms with Gasteiger partial charge in [0.05, 0.1) is 5.56 Å². The van der Waals surface area contributed by atoms with E-state index in [0.29, 0.717) is 30.4 Å². The lowest BCUT2D eigenvalue weighted by atomic mass is 10.0. The molecule has 33 heavy (non-hydrogen) atoms. The van der Waals surface area contributed by atoms with Gasteiger partial charge in [0, 0.05) is 44.0 Å². The van der Waals surface area contributed by atoms with Crippen molar-refractivity contribution in [3.05, 3.63) is 77.9 Å². The lowest BCUT2D eigenvalue weighted by molar-refractivity contribution is -0.137. The molecule has 0 saturated carbocycles. The van der Waals surface area contributed by atoms with Crippen molar-refractivity contribution >= 4 is 23.5 Å². The molecule has 2 N–H and O–H groups in total. The number of carbonyl (C=O) groups is 3. The highest BCUT2D eigenvalue weighted by Gasteiger charge is 2.32. The fraction of sp³-hybridized carbons (Fsp3) is 0.261. The van der Waals surface area contributed by atoms with Gasteiger partial charge in [-0.15, -0.1) is 0 Å². The maximum absolute atomic E-state index is 13.2. The molecule has 0 bridgehead atoms. The fourth-order valence-electron chi connectivity index (χ4n) is 3.52. The van der Waals surface area contributed by atoms with Gasteiger partial charge >= 0.3 is 12.1 Å². The van der Waals surface area contributed by atoms with Crippen molar-refractivity contribution in [1.82, 2.24) is 10.2 Å². The van der Waals surface area contributed by atoms with Crippen LogP contribution in [0.2, 0.25) is 0 Å². The Morgan fingerprint density at radius 2 is 1.61 bits per heavy atom. The topological polar surface area (TPSA) is 89.9 Å². The summed E-state index contributed by atoms with van der Waals surface area (Å²) in [5, 5.41) is 11.2. The van der Waals surface area contributed by atoms with E-state index in [0.717, 1.165) is 18.2 Å². The van der Waals surface area contributed by atoms with Crippen LogP contribution < -0.4 is 10.2 Å². The maximum atomic E-state index is 13.2. The molecule has 2 aromatic rings. The summed E-state index contributed by atoms with van der Waals surface area (Å²) in [7, 11) is 0. The van der Waals surface area contributed by atoms with Gasteiger partial charge in [-0.05, 0) is 23.8 Å². The number of hydrogen-bond acceptors (Lipinski definition) is 4. The molecule has 10 heteroatoms.